The quantitative estimate of drug-likeness (QED) is 0.569. The second-order valence-corrected chi connectivity index (χ2v) is 9.83. The second kappa shape index (κ2) is 9.29. The number of hydrogen-bond acceptors (Lipinski definition) is 4. The first-order valence-electron chi connectivity index (χ1n) is 12.4. The van der Waals surface area contributed by atoms with E-state index in [-0.39, 0.29) is 24.4 Å². The van der Waals surface area contributed by atoms with Gasteiger partial charge in [0.1, 0.15) is 22.7 Å². The summed E-state index contributed by atoms with van der Waals surface area (Å²) in [5, 5.41) is 4.23. The van der Waals surface area contributed by atoms with E-state index in [4.69, 9.17) is 9.47 Å². The van der Waals surface area contributed by atoms with Crippen molar-refractivity contribution in [2.24, 2.45) is 0 Å². The van der Waals surface area contributed by atoms with Crippen molar-refractivity contribution < 1.29 is 19.1 Å². The molecule has 0 radical (unpaired) electrons. The van der Waals surface area contributed by atoms with E-state index in [9.17, 15) is 9.59 Å². The fraction of sp³-hybridized carbons (Fsp3) is 0.429. The molecule has 2 aromatic carbocycles. The van der Waals surface area contributed by atoms with Crippen LogP contribution in [0.5, 0.6) is 11.5 Å². The van der Waals surface area contributed by atoms with Gasteiger partial charge in [-0.25, -0.2) is 0 Å². The molecule has 5 rings (SSSR count). The summed E-state index contributed by atoms with van der Waals surface area (Å²) in [4.78, 5) is 29.6. The molecule has 35 heavy (non-hydrogen) atoms. The average Bonchev–Trinajstić information content (AvgIpc) is 3.24. The lowest BCUT2D eigenvalue weighted by Crippen LogP contribution is -2.64. The Morgan fingerprint density at radius 3 is 2.57 bits per heavy atom. The number of para-hydroxylation sites is 1. The molecule has 1 atom stereocenters. The number of hydrogen-bond donors (Lipinski definition) is 1. The number of nitrogens with zero attached hydrogens (tertiary/aromatic N) is 2. The van der Waals surface area contributed by atoms with Crippen LogP contribution in [0.4, 0.5) is 0 Å². The highest BCUT2D eigenvalue weighted by atomic mass is 16.5. The maximum atomic E-state index is 14.0. The molecule has 1 N–H and O–H groups in total. The highest BCUT2D eigenvalue weighted by Crippen LogP contribution is 2.36. The van der Waals surface area contributed by atoms with Gasteiger partial charge in [-0.2, -0.15) is 0 Å². The molecule has 0 unspecified atom stereocenters. The van der Waals surface area contributed by atoms with E-state index < -0.39 is 5.54 Å². The minimum absolute atomic E-state index is 0.108. The Morgan fingerprint density at radius 1 is 1.06 bits per heavy atom. The third-order valence-corrected chi connectivity index (χ3v) is 7.59. The van der Waals surface area contributed by atoms with Crippen LogP contribution in [0.2, 0.25) is 0 Å². The number of benzene rings is 2. The van der Waals surface area contributed by atoms with Gasteiger partial charge in [0, 0.05) is 23.1 Å². The third kappa shape index (κ3) is 4.13. The van der Waals surface area contributed by atoms with Crippen LogP contribution in [0.3, 0.4) is 0 Å². The number of ether oxygens (including phenoxy) is 2. The minimum atomic E-state index is -1.07. The van der Waals surface area contributed by atoms with E-state index in [1.165, 1.54) is 6.42 Å². The summed E-state index contributed by atoms with van der Waals surface area (Å²) in [6.45, 7) is 2.52. The molecule has 0 saturated heterocycles. The Bertz CT molecular complexity index is 1260. The van der Waals surface area contributed by atoms with Gasteiger partial charge in [0.15, 0.2) is 0 Å². The van der Waals surface area contributed by atoms with Gasteiger partial charge < -0.3 is 24.3 Å². The third-order valence-electron chi connectivity index (χ3n) is 7.59. The fourth-order valence-corrected chi connectivity index (χ4v) is 5.50. The molecule has 1 aliphatic heterocycles. The molecule has 1 aliphatic carbocycles. The number of nitrogens with one attached hydrogen (secondary N) is 1. The van der Waals surface area contributed by atoms with E-state index in [0.29, 0.717) is 18.0 Å². The number of aromatic nitrogens is 1. The van der Waals surface area contributed by atoms with E-state index in [1.54, 1.807) is 19.1 Å². The van der Waals surface area contributed by atoms with Crippen molar-refractivity contribution >= 4 is 22.7 Å². The maximum Gasteiger partial charge on any atom is 0.271 e. The molecule has 1 fully saturated rings. The number of amides is 2. The lowest BCUT2D eigenvalue weighted by atomic mass is 9.91. The van der Waals surface area contributed by atoms with Gasteiger partial charge in [-0.15, -0.1) is 0 Å². The van der Waals surface area contributed by atoms with Crippen LogP contribution in [-0.2, 0) is 17.9 Å². The summed E-state index contributed by atoms with van der Waals surface area (Å²) in [5.74, 6) is 1.14. The topological polar surface area (TPSA) is 72.8 Å². The summed E-state index contributed by atoms with van der Waals surface area (Å²) in [6, 6.07) is 15.5. The minimum Gasteiger partial charge on any atom is -0.497 e. The molecule has 0 spiro atoms. The molecule has 2 heterocycles. The van der Waals surface area contributed by atoms with Gasteiger partial charge in [-0.05, 0) is 44.0 Å². The first kappa shape index (κ1) is 23.3. The zero-order valence-corrected chi connectivity index (χ0v) is 20.7. The van der Waals surface area contributed by atoms with E-state index in [2.05, 4.69) is 5.32 Å². The molecule has 1 aromatic heterocycles. The Kier molecular flexibility index (Phi) is 6.17. The van der Waals surface area contributed by atoms with Gasteiger partial charge in [0.2, 0.25) is 5.91 Å². The number of carbonyl (C=O) groups is 2. The predicted octanol–water partition coefficient (Wildman–Crippen LogP) is 4.52. The normalized spacial score (nSPS) is 20.5. The van der Waals surface area contributed by atoms with Crippen molar-refractivity contribution in [3.05, 3.63) is 59.8 Å². The van der Waals surface area contributed by atoms with Crippen LogP contribution < -0.4 is 14.8 Å². The Labute approximate surface area is 206 Å². The summed E-state index contributed by atoms with van der Waals surface area (Å²) < 4.78 is 13.0. The largest absolute Gasteiger partial charge is 0.497 e. The monoisotopic (exact) mass is 475 g/mol. The number of rotatable bonds is 6. The lowest BCUT2D eigenvalue weighted by Gasteiger charge is -2.45. The number of carbonyl (C=O) groups excluding carboxylic acids is 2. The van der Waals surface area contributed by atoms with Crippen LogP contribution in [-0.4, -0.2) is 47.1 Å². The Morgan fingerprint density at radius 2 is 1.83 bits per heavy atom. The molecule has 184 valence electrons. The second-order valence-electron chi connectivity index (χ2n) is 9.83. The molecule has 2 aliphatic rings. The smallest absolute Gasteiger partial charge is 0.271 e. The lowest BCUT2D eigenvalue weighted by molar-refractivity contribution is -0.134. The zero-order valence-electron chi connectivity index (χ0n) is 20.7. The van der Waals surface area contributed by atoms with Crippen LogP contribution in [0, 0.1) is 0 Å². The van der Waals surface area contributed by atoms with E-state index in [0.717, 1.165) is 47.9 Å². The van der Waals surface area contributed by atoms with Gasteiger partial charge >= 0.3 is 0 Å². The molecule has 7 heteroatoms. The van der Waals surface area contributed by atoms with E-state index >= 15 is 0 Å². The maximum absolute atomic E-state index is 14.0. The van der Waals surface area contributed by atoms with Gasteiger partial charge in [-0.3, -0.25) is 9.59 Å². The summed E-state index contributed by atoms with van der Waals surface area (Å²) in [7, 11) is 3.25. The number of methoxy groups -OCH3 is 2. The molecule has 2 amide bonds. The van der Waals surface area contributed by atoms with E-state index in [1.807, 2.05) is 60.0 Å². The standard InChI is InChI=1S/C28H33N3O4/c1-28(27(33)29-21-10-5-4-6-11-21)18-30-23-16-22(34-2)14-13-19(23)15-24(30)26(32)31(28)17-20-9-7-8-12-25(20)35-3/h7-9,12-16,21H,4-6,10-11,17-18H2,1-3H3,(H,29,33)/t28-/m1/s1. The van der Waals surface area contributed by atoms with Gasteiger partial charge in [0.25, 0.3) is 5.91 Å². The first-order valence-corrected chi connectivity index (χ1v) is 12.4. The van der Waals surface area contributed by atoms with Crippen molar-refractivity contribution in [1.82, 2.24) is 14.8 Å². The summed E-state index contributed by atoms with van der Waals surface area (Å²) in [6.07, 6.45) is 5.42. The SMILES string of the molecule is COc1ccc2cc3n(c2c1)C[C@](C)(C(=O)NC1CCCCC1)N(Cc1ccccc1OC)C3=O. The highest BCUT2D eigenvalue weighted by Gasteiger charge is 2.48. The van der Waals surface area contributed by atoms with Crippen molar-refractivity contribution in [2.75, 3.05) is 14.2 Å². The van der Waals surface area contributed by atoms with Crippen molar-refractivity contribution in [3.63, 3.8) is 0 Å². The summed E-state index contributed by atoms with van der Waals surface area (Å²) in [5.41, 5.74) is 1.26. The predicted molar refractivity (Wildman–Crippen MR) is 135 cm³/mol. The number of fused-ring (bicyclic) bond motifs is 3. The Balaban J connectivity index is 1.58. The Hall–Kier alpha value is -3.48. The zero-order chi connectivity index (χ0) is 24.6. The fourth-order valence-electron chi connectivity index (χ4n) is 5.50. The van der Waals surface area contributed by atoms with Gasteiger partial charge in [-0.1, -0.05) is 37.5 Å². The molecular weight excluding hydrogens is 442 g/mol. The average molecular weight is 476 g/mol. The van der Waals surface area contributed by atoms with Crippen LogP contribution in [0.25, 0.3) is 10.9 Å². The summed E-state index contributed by atoms with van der Waals surface area (Å²) >= 11 is 0. The van der Waals surface area contributed by atoms with Crippen LogP contribution in [0.15, 0.2) is 48.5 Å². The van der Waals surface area contributed by atoms with Crippen molar-refractivity contribution in [2.45, 2.75) is 63.7 Å². The van der Waals surface area contributed by atoms with Crippen molar-refractivity contribution in [3.8, 4) is 11.5 Å². The van der Waals surface area contributed by atoms with Crippen molar-refractivity contribution in [1.29, 1.82) is 0 Å². The molecule has 0 bridgehead atoms. The first-order chi connectivity index (χ1) is 16.9. The molecular formula is C28H33N3O4. The highest BCUT2D eigenvalue weighted by molar-refractivity contribution is 6.03. The van der Waals surface area contributed by atoms with Crippen LogP contribution >= 0.6 is 0 Å². The van der Waals surface area contributed by atoms with Crippen LogP contribution in [0.1, 0.15) is 55.1 Å². The molecule has 3 aromatic rings. The molecule has 1 saturated carbocycles. The van der Waals surface area contributed by atoms with Gasteiger partial charge in [0.05, 0.1) is 32.8 Å². The molecule has 7 nitrogen and oxygen atoms in total.